The summed E-state index contributed by atoms with van der Waals surface area (Å²) >= 11 is 0. The maximum absolute atomic E-state index is 13.3. The van der Waals surface area contributed by atoms with Gasteiger partial charge in [-0.05, 0) is 31.2 Å². The Balaban J connectivity index is 2.27. The fourth-order valence-electron chi connectivity index (χ4n) is 2.92. The number of fused-ring (bicyclic) bond motifs is 1. The minimum absolute atomic E-state index is 0.0712. The van der Waals surface area contributed by atoms with E-state index in [1.165, 1.54) is 38.6 Å². The molecule has 1 heterocycles. The van der Waals surface area contributed by atoms with E-state index < -0.39 is 15.9 Å². The third kappa shape index (κ3) is 3.53. The molecule has 0 unspecified atom stereocenters. The van der Waals surface area contributed by atoms with E-state index in [-0.39, 0.29) is 16.0 Å². The van der Waals surface area contributed by atoms with Gasteiger partial charge >= 0.3 is 0 Å². The summed E-state index contributed by atoms with van der Waals surface area (Å²) in [6, 6.07) is 13.1. The number of nitriles is 1. The number of benzene rings is 2. The van der Waals surface area contributed by atoms with Gasteiger partial charge in [0.15, 0.2) is 0 Å². The Bertz CT molecular complexity index is 1270. The summed E-state index contributed by atoms with van der Waals surface area (Å²) in [5, 5.41) is 10.7. The SMILES string of the molecule is C=C(C(=O)N(C)OC)c1cn(S(=O)(=O)c2ccc(C)cc2)c2cc(C#N)ccc12. The van der Waals surface area contributed by atoms with E-state index >= 15 is 0 Å². The van der Waals surface area contributed by atoms with E-state index in [1.807, 2.05) is 13.0 Å². The molecule has 7 nitrogen and oxygen atoms in total. The van der Waals surface area contributed by atoms with Crippen LogP contribution in [0, 0.1) is 18.3 Å². The first-order valence-corrected chi connectivity index (χ1v) is 10.0. The van der Waals surface area contributed by atoms with Crippen molar-refractivity contribution in [3.63, 3.8) is 0 Å². The van der Waals surface area contributed by atoms with Crippen LogP contribution in [0.1, 0.15) is 16.7 Å². The van der Waals surface area contributed by atoms with Crippen LogP contribution in [0.3, 0.4) is 0 Å². The van der Waals surface area contributed by atoms with Crippen LogP contribution in [0.15, 0.2) is 60.1 Å². The lowest BCUT2D eigenvalue weighted by Crippen LogP contribution is -2.25. The molecule has 0 spiro atoms. The molecule has 0 aliphatic heterocycles. The van der Waals surface area contributed by atoms with Gasteiger partial charge in [-0.2, -0.15) is 5.26 Å². The summed E-state index contributed by atoms with van der Waals surface area (Å²) in [6.07, 6.45) is 1.35. The summed E-state index contributed by atoms with van der Waals surface area (Å²) < 4.78 is 27.6. The van der Waals surface area contributed by atoms with Crippen LogP contribution in [0.5, 0.6) is 0 Å². The first-order chi connectivity index (χ1) is 13.7. The summed E-state index contributed by atoms with van der Waals surface area (Å²) in [6.45, 7) is 5.68. The van der Waals surface area contributed by atoms with Gasteiger partial charge in [-0.25, -0.2) is 17.5 Å². The van der Waals surface area contributed by atoms with Crippen molar-refractivity contribution in [3.8, 4) is 6.07 Å². The minimum Gasteiger partial charge on any atom is -0.274 e. The van der Waals surface area contributed by atoms with Gasteiger partial charge in [0.2, 0.25) is 0 Å². The maximum atomic E-state index is 13.3. The van der Waals surface area contributed by atoms with Gasteiger partial charge in [0.1, 0.15) is 0 Å². The molecule has 0 aliphatic carbocycles. The Morgan fingerprint density at radius 3 is 2.45 bits per heavy atom. The predicted molar refractivity (Wildman–Crippen MR) is 109 cm³/mol. The third-order valence-corrected chi connectivity index (χ3v) is 6.31. The smallest absolute Gasteiger partial charge is 0.274 e. The molecule has 0 atom stereocenters. The van der Waals surface area contributed by atoms with E-state index in [1.54, 1.807) is 24.3 Å². The molecular weight excluding hydrogens is 390 g/mol. The normalized spacial score (nSPS) is 11.2. The number of carbonyl (C=O) groups is 1. The zero-order valence-electron chi connectivity index (χ0n) is 16.2. The second kappa shape index (κ2) is 7.54. The number of aryl methyl sites for hydroxylation is 1. The number of hydroxylamine groups is 2. The number of likely N-dealkylation sites (N-methyl/N-ethyl adjacent to an activating group) is 1. The Kier molecular flexibility index (Phi) is 5.29. The average Bonchev–Trinajstić information content (AvgIpc) is 3.11. The number of nitrogens with zero attached hydrogens (tertiary/aromatic N) is 3. The fraction of sp³-hybridized carbons (Fsp3) is 0.143. The van der Waals surface area contributed by atoms with Gasteiger partial charge in [0.25, 0.3) is 15.9 Å². The highest BCUT2D eigenvalue weighted by Crippen LogP contribution is 2.31. The van der Waals surface area contributed by atoms with Crippen molar-refractivity contribution in [2.75, 3.05) is 14.2 Å². The van der Waals surface area contributed by atoms with Crippen LogP contribution in [-0.2, 0) is 19.7 Å². The van der Waals surface area contributed by atoms with Crippen LogP contribution in [-0.4, -0.2) is 37.5 Å². The standard InChI is InChI=1S/C21H19N3O4S/c1-14-5-8-17(9-6-14)29(26,27)24-13-19(15(2)21(25)23(3)28-4)18-10-7-16(12-22)11-20(18)24/h5-11,13H,2H2,1,3-4H3. The summed E-state index contributed by atoms with van der Waals surface area (Å²) in [5.74, 6) is -0.511. The Hall–Kier alpha value is -3.41. The maximum Gasteiger partial charge on any atom is 0.277 e. The first kappa shape index (κ1) is 20.3. The molecule has 0 radical (unpaired) electrons. The third-order valence-electron chi connectivity index (χ3n) is 4.62. The number of aromatic nitrogens is 1. The number of rotatable bonds is 5. The largest absolute Gasteiger partial charge is 0.277 e. The van der Waals surface area contributed by atoms with Crippen molar-refractivity contribution in [3.05, 3.63) is 71.9 Å². The minimum atomic E-state index is -3.96. The molecule has 3 rings (SSSR count). The first-order valence-electron chi connectivity index (χ1n) is 8.59. The molecule has 0 N–H and O–H groups in total. The molecule has 3 aromatic rings. The van der Waals surface area contributed by atoms with Gasteiger partial charge < -0.3 is 0 Å². The zero-order chi connectivity index (χ0) is 21.3. The fourth-order valence-corrected chi connectivity index (χ4v) is 4.28. The topological polar surface area (TPSA) is 92.4 Å². The highest BCUT2D eigenvalue weighted by Gasteiger charge is 2.25. The van der Waals surface area contributed by atoms with E-state index in [0.717, 1.165) is 14.6 Å². The zero-order valence-corrected chi connectivity index (χ0v) is 17.0. The predicted octanol–water partition coefficient (Wildman–Crippen LogP) is 3.09. The molecule has 148 valence electrons. The van der Waals surface area contributed by atoms with E-state index in [4.69, 9.17) is 4.84 Å². The Labute approximate surface area is 169 Å². The van der Waals surface area contributed by atoms with E-state index in [2.05, 4.69) is 6.58 Å². The lowest BCUT2D eigenvalue weighted by molar-refractivity contribution is -0.161. The van der Waals surface area contributed by atoms with Gasteiger partial charge in [-0.1, -0.05) is 30.3 Å². The van der Waals surface area contributed by atoms with Crippen molar-refractivity contribution in [2.24, 2.45) is 0 Å². The summed E-state index contributed by atoms with van der Waals surface area (Å²) in [7, 11) is -1.18. The van der Waals surface area contributed by atoms with Crippen LogP contribution in [0.4, 0.5) is 0 Å². The molecule has 1 amide bonds. The monoisotopic (exact) mass is 409 g/mol. The Morgan fingerprint density at radius 2 is 1.86 bits per heavy atom. The van der Waals surface area contributed by atoms with Gasteiger partial charge in [0, 0.05) is 29.8 Å². The quantitative estimate of drug-likeness (QED) is 0.477. The molecular formula is C21H19N3O4S. The van der Waals surface area contributed by atoms with Crippen molar-refractivity contribution in [2.45, 2.75) is 11.8 Å². The van der Waals surface area contributed by atoms with Crippen molar-refractivity contribution in [1.29, 1.82) is 5.26 Å². The number of amides is 1. The lowest BCUT2D eigenvalue weighted by atomic mass is 10.0. The molecule has 0 bridgehead atoms. The van der Waals surface area contributed by atoms with Crippen molar-refractivity contribution >= 4 is 32.4 Å². The van der Waals surface area contributed by atoms with Crippen LogP contribution < -0.4 is 0 Å². The molecule has 0 fully saturated rings. The molecule has 0 saturated carbocycles. The van der Waals surface area contributed by atoms with Crippen molar-refractivity contribution in [1.82, 2.24) is 9.04 Å². The average molecular weight is 409 g/mol. The lowest BCUT2D eigenvalue weighted by Gasteiger charge is -2.14. The van der Waals surface area contributed by atoms with E-state index in [0.29, 0.717) is 16.5 Å². The number of hydrogen-bond acceptors (Lipinski definition) is 5. The van der Waals surface area contributed by atoms with Crippen molar-refractivity contribution < 1.29 is 18.0 Å². The number of hydrogen-bond donors (Lipinski definition) is 0. The highest BCUT2D eigenvalue weighted by atomic mass is 32.2. The van der Waals surface area contributed by atoms with Gasteiger partial charge in [-0.15, -0.1) is 0 Å². The summed E-state index contributed by atoms with van der Waals surface area (Å²) in [4.78, 5) is 17.5. The van der Waals surface area contributed by atoms with Crippen LogP contribution >= 0.6 is 0 Å². The number of carbonyl (C=O) groups excluding carboxylic acids is 1. The second-order valence-electron chi connectivity index (χ2n) is 6.46. The van der Waals surface area contributed by atoms with Gasteiger partial charge in [-0.3, -0.25) is 9.63 Å². The second-order valence-corrected chi connectivity index (χ2v) is 8.28. The molecule has 0 aliphatic rings. The van der Waals surface area contributed by atoms with Crippen LogP contribution in [0.25, 0.3) is 16.5 Å². The van der Waals surface area contributed by atoms with E-state index in [9.17, 15) is 18.5 Å². The molecule has 29 heavy (non-hydrogen) atoms. The molecule has 0 saturated heterocycles. The molecule has 2 aromatic carbocycles. The van der Waals surface area contributed by atoms with Crippen LogP contribution in [0.2, 0.25) is 0 Å². The molecule has 8 heteroatoms. The Morgan fingerprint density at radius 1 is 1.21 bits per heavy atom. The molecule has 1 aromatic heterocycles. The summed E-state index contributed by atoms with van der Waals surface area (Å²) in [5.41, 5.74) is 1.92. The highest BCUT2D eigenvalue weighted by molar-refractivity contribution is 7.90. The van der Waals surface area contributed by atoms with Gasteiger partial charge in [0.05, 0.1) is 29.2 Å².